The largest absolute Gasteiger partial charge is 0.396 e. The molecule has 0 aliphatic rings. The number of anilines is 2. The summed E-state index contributed by atoms with van der Waals surface area (Å²) in [5.74, 6) is 1.30. The third-order valence-corrected chi connectivity index (χ3v) is 2.64. The molecule has 2 heterocycles. The molecule has 0 saturated heterocycles. The molecule has 4 N–H and O–H groups in total. The molecule has 98 valence electrons. The summed E-state index contributed by atoms with van der Waals surface area (Å²) in [7, 11) is 1.78. The van der Waals surface area contributed by atoms with Crippen LogP contribution >= 0.6 is 0 Å². The van der Waals surface area contributed by atoms with Gasteiger partial charge in [0.1, 0.15) is 5.52 Å². The Morgan fingerprint density at radius 2 is 2.17 bits per heavy atom. The lowest BCUT2D eigenvalue weighted by molar-refractivity contribution is 0.283. The minimum atomic E-state index is 0.252. The SMILES string of the molecule is CNc1nc(NCCCCCO)c2[nH]cnc2n1. The molecule has 2 rings (SSSR count). The van der Waals surface area contributed by atoms with Crippen LogP contribution in [0.5, 0.6) is 0 Å². The van der Waals surface area contributed by atoms with Crippen molar-refractivity contribution < 1.29 is 5.11 Å². The van der Waals surface area contributed by atoms with Crippen molar-refractivity contribution in [2.45, 2.75) is 19.3 Å². The van der Waals surface area contributed by atoms with Gasteiger partial charge in [0, 0.05) is 20.2 Å². The second kappa shape index (κ2) is 6.15. The Morgan fingerprint density at radius 3 is 2.94 bits per heavy atom. The fraction of sp³-hybridized carbons (Fsp3) is 0.545. The van der Waals surface area contributed by atoms with Crippen LogP contribution in [0, 0.1) is 0 Å². The predicted molar refractivity (Wildman–Crippen MR) is 70.7 cm³/mol. The Hall–Kier alpha value is -1.89. The van der Waals surface area contributed by atoms with Crippen LogP contribution < -0.4 is 10.6 Å². The summed E-state index contributed by atoms with van der Waals surface area (Å²) in [6.07, 6.45) is 4.44. The molecule has 0 radical (unpaired) electrons. The van der Waals surface area contributed by atoms with Gasteiger partial charge in [0.15, 0.2) is 11.5 Å². The predicted octanol–water partition coefficient (Wildman–Crippen LogP) is 0.969. The number of aliphatic hydroxyl groups excluding tert-OH is 1. The van der Waals surface area contributed by atoms with E-state index in [0.717, 1.165) is 37.1 Å². The molecule has 18 heavy (non-hydrogen) atoms. The number of aromatic amines is 1. The molecule has 2 aromatic rings. The van der Waals surface area contributed by atoms with Gasteiger partial charge in [0.2, 0.25) is 5.95 Å². The van der Waals surface area contributed by atoms with E-state index >= 15 is 0 Å². The van der Waals surface area contributed by atoms with Gasteiger partial charge in [-0.1, -0.05) is 0 Å². The molecular weight excluding hydrogens is 232 g/mol. The van der Waals surface area contributed by atoms with Crippen molar-refractivity contribution >= 4 is 22.9 Å². The second-order valence-corrected chi connectivity index (χ2v) is 3.96. The number of hydrogen-bond donors (Lipinski definition) is 4. The van der Waals surface area contributed by atoms with Crippen LogP contribution in [0.15, 0.2) is 6.33 Å². The molecule has 2 aromatic heterocycles. The zero-order valence-corrected chi connectivity index (χ0v) is 10.4. The van der Waals surface area contributed by atoms with Crippen LogP contribution in [0.1, 0.15) is 19.3 Å². The fourth-order valence-electron chi connectivity index (χ4n) is 1.69. The number of fused-ring (bicyclic) bond motifs is 1. The summed E-state index contributed by atoms with van der Waals surface area (Å²) < 4.78 is 0. The molecule has 0 atom stereocenters. The van der Waals surface area contributed by atoms with E-state index in [-0.39, 0.29) is 6.61 Å². The lowest BCUT2D eigenvalue weighted by atomic mass is 10.2. The van der Waals surface area contributed by atoms with Gasteiger partial charge in [-0.15, -0.1) is 0 Å². The van der Waals surface area contributed by atoms with Crippen LogP contribution in [0.4, 0.5) is 11.8 Å². The summed E-state index contributed by atoms with van der Waals surface area (Å²) in [5, 5.41) is 14.9. The quantitative estimate of drug-likeness (QED) is 0.546. The molecular formula is C11H18N6O. The highest BCUT2D eigenvalue weighted by Gasteiger charge is 2.08. The van der Waals surface area contributed by atoms with E-state index in [9.17, 15) is 0 Å². The number of hydrogen-bond acceptors (Lipinski definition) is 6. The first-order chi connectivity index (χ1) is 8.85. The van der Waals surface area contributed by atoms with Gasteiger partial charge in [-0.25, -0.2) is 4.98 Å². The van der Waals surface area contributed by atoms with Crippen molar-refractivity contribution in [2.75, 3.05) is 30.8 Å². The second-order valence-electron chi connectivity index (χ2n) is 3.96. The van der Waals surface area contributed by atoms with Gasteiger partial charge >= 0.3 is 0 Å². The molecule has 0 aliphatic carbocycles. The Kier molecular flexibility index (Phi) is 4.30. The lowest BCUT2D eigenvalue weighted by Crippen LogP contribution is -2.07. The summed E-state index contributed by atoms with van der Waals surface area (Å²) in [5.41, 5.74) is 1.46. The zero-order valence-electron chi connectivity index (χ0n) is 10.4. The van der Waals surface area contributed by atoms with Gasteiger partial charge < -0.3 is 20.7 Å². The van der Waals surface area contributed by atoms with Crippen molar-refractivity contribution in [1.29, 1.82) is 0 Å². The molecule has 7 heteroatoms. The molecule has 0 saturated carbocycles. The molecule has 0 unspecified atom stereocenters. The first-order valence-electron chi connectivity index (χ1n) is 6.08. The van der Waals surface area contributed by atoms with Crippen molar-refractivity contribution in [3.05, 3.63) is 6.33 Å². The first-order valence-corrected chi connectivity index (χ1v) is 6.08. The van der Waals surface area contributed by atoms with Crippen LogP contribution in [0.25, 0.3) is 11.2 Å². The topological polar surface area (TPSA) is 98.8 Å². The molecule has 0 fully saturated rings. The maximum atomic E-state index is 8.70. The lowest BCUT2D eigenvalue weighted by Gasteiger charge is -2.07. The van der Waals surface area contributed by atoms with E-state index in [1.807, 2.05) is 0 Å². The van der Waals surface area contributed by atoms with E-state index in [1.165, 1.54) is 0 Å². The van der Waals surface area contributed by atoms with E-state index in [4.69, 9.17) is 5.11 Å². The number of nitrogens with one attached hydrogen (secondary N) is 3. The summed E-state index contributed by atoms with van der Waals surface area (Å²) in [4.78, 5) is 15.7. The summed E-state index contributed by atoms with van der Waals surface area (Å²) in [6, 6.07) is 0. The molecule has 0 bridgehead atoms. The van der Waals surface area contributed by atoms with Gasteiger partial charge in [0.25, 0.3) is 0 Å². The van der Waals surface area contributed by atoms with Gasteiger partial charge in [-0.2, -0.15) is 9.97 Å². The van der Waals surface area contributed by atoms with Crippen LogP contribution in [0.2, 0.25) is 0 Å². The average Bonchev–Trinajstić information content (AvgIpc) is 2.86. The zero-order chi connectivity index (χ0) is 12.8. The molecule has 0 aromatic carbocycles. The number of imidazole rings is 1. The number of unbranched alkanes of at least 4 members (excludes halogenated alkanes) is 2. The highest BCUT2D eigenvalue weighted by molar-refractivity contribution is 5.83. The third kappa shape index (κ3) is 2.86. The van der Waals surface area contributed by atoms with E-state index in [1.54, 1.807) is 13.4 Å². The van der Waals surface area contributed by atoms with Gasteiger partial charge in [-0.05, 0) is 19.3 Å². The monoisotopic (exact) mass is 250 g/mol. The number of aromatic nitrogens is 4. The summed E-state index contributed by atoms with van der Waals surface area (Å²) >= 11 is 0. The smallest absolute Gasteiger partial charge is 0.226 e. The van der Waals surface area contributed by atoms with E-state index in [2.05, 4.69) is 30.6 Å². The number of rotatable bonds is 7. The molecule has 0 aliphatic heterocycles. The molecule has 0 amide bonds. The number of nitrogens with zero attached hydrogens (tertiary/aromatic N) is 3. The summed E-state index contributed by atoms with van der Waals surface area (Å²) in [6.45, 7) is 1.07. The Balaban J connectivity index is 2.04. The van der Waals surface area contributed by atoms with Crippen molar-refractivity contribution in [3.8, 4) is 0 Å². The molecule has 0 spiro atoms. The van der Waals surface area contributed by atoms with Crippen LogP contribution in [-0.2, 0) is 0 Å². The highest BCUT2D eigenvalue weighted by Crippen LogP contribution is 2.18. The third-order valence-electron chi connectivity index (χ3n) is 2.64. The first kappa shape index (κ1) is 12.6. The van der Waals surface area contributed by atoms with Crippen molar-refractivity contribution in [2.24, 2.45) is 0 Å². The maximum Gasteiger partial charge on any atom is 0.226 e. The highest BCUT2D eigenvalue weighted by atomic mass is 16.2. The van der Waals surface area contributed by atoms with E-state index in [0.29, 0.717) is 11.6 Å². The Morgan fingerprint density at radius 1 is 1.28 bits per heavy atom. The van der Waals surface area contributed by atoms with Crippen molar-refractivity contribution in [3.63, 3.8) is 0 Å². The fourth-order valence-corrected chi connectivity index (χ4v) is 1.69. The van der Waals surface area contributed by atoms with E-state index < -0.39 is 0 Å². The van der Waals surface area contributed by atoms with Crippen molar-refractivity contribution in [1.82, 2.24) is 19.9 Å². The Bertz CT molecular complexity index is 497. The average molecular weight is 250 g/mol. The minimum absolute atomic E-state index is 0.252. The Labute approximate surface area is 105 Å². The maximum absolute atomic E-state index is 8.70. The number of H-pyrrole nitrogens is 1. The number of aliphatic hydroxyl groups is 1. The normalized spacial score (nSPS) is 10.8. The minimum Gasteiger partial charge on any atom is -0.396 e. The van der Waals surface area contributed by atoms with Gasteiger partial charge in [-0.3, -0.25) is 0 Å². The van der Waals surface area contributed by atoms with Crippen LogP contribution in [-0.4, -0.2) is 45.2 Å². The standard InChI is InChI=1S/C11H18N6O/c1-12-11-16-9(13-5-3-2-4-6-18)8-10(17-11)15-7-14-8/h7,18H,2-6H2,1H3,(H3,12,13,14,15,16,17). The van der Waals surface area contributed by atoms with Gasteiger partial charge in [0.05, 0.1) is 6.33 Å². The molecule has 7 nitrogen and oxygen atoms in total. The van der Waals surface area contributed by atoms with Crippen LogP contribution in [0.3, 0.4) is 0 Å².